The van der Waals surface area contributed by atoms with Gasteiger partial charge >= 0.3 is 12.4 Å². The summed E-state index contributed by atoms with van der Waals surface area (Å²) in [5, 5.41) is -0.977. The Morgan fingerprint density at radius 1 is 0.975 bits per heavy atom. The van der Waals surface area contributed by atoms with Gasteiger partial charge in [-0.15, -0.1) is 0 Å². The van der Waals surface area contributed by atoms with E-state index in [0.29, 0.717) is 12.3 Å². The Hall–Kier alpha value is -3.55. The number of piperidine rings is 1. The minimum atomic E-state index is -4.70. The molecule has 2 aromatic heterocycles. The molecule has 3 heterocycles. The maximum absolute atomic E-state index is 13.4. The van der Waals surface area contributed by atoms with E-state index in [9.17, 15) is 39.6 Å². The molecule has 214 valence electrons. The highest BCUT2D eigenvalue weighted by atomic mass is 32.2. The fourth-order valence-electron chi connectivity index (χ4n) is 4.90. The second kappa shape index (κ2) is 11.1. The van der Waals surface area contributed by atoms with Gasteiger partial charge in [0.15, 0.2) is 9.84 Å². The van der Waals surface area contributed by atoms with E-state index < -0.39 is 55.3 Å². The summed E-state index contributed by atoms with van der Waals surface area (Å²) >= 11 is 0. The Bertz CT molecular complexity index is 1470. The fourth-order valence-corrected chi connectivity index (χ4v) is 7.03. The molecule has 1 aromatic carbocycles. The van der Waals surface area contributed by atoms with Gasteiger partial charge in [-0.25, -0.2) is 23.4 Å². The summed E-state index contributed by atoms with van der Waals surface area (Å²) in [7, 11) is -4.12. The molecule has 1 amide bonds. The zero-order chi connectivity index (χ0) is 29.3. The zero-order valence-electron chi connectivity index (χ0n) is 21.1. The second-order valence-electron chi connectivity index (χ2n) is 9.39. The Labute approximate surface area is 226 Å². The minimum absolute atomic E-state index is 0.0888. The lowest BCUT2D eigenvalue weighted by Crippen LogP contribution is -2.43. The van der Waals surface area contributed by atoms with Crippen LogP contribution in [-0.2, 0) is 22.2 Å². The van der Waals surface area contributed by atoms with Crippen LogP contribution in [0.15, 0.2) is 60.1 Å². The number of amides is 1. The van der Waals surface area contributed by atoms with E-state index in [2.05, 4.69) is 15.0 Å². The van der Waals surface area contributed by atoms with E-state index in [1.807, 2.05) is 0 Å². The molecule has 40 heavy (non-hydrogen) atoms. The van der Waals surface area contributed by atoms with E-state index in [1.165, 1.54) is 23.6 Å². The summed E-state index contributed by atoms with van der Waals surface area (Å²) in [5.74, 6) is -1.09. The van der Waals surface area contributed by atoms with Crippen molar-refractivity contribution in [2.45, 2.75) is 48.7 Å². The Morgan fingerprint density at radius 2 is 1.60 bits per heavy atom. The molecule has 0 saturated carbocycles. The monoisotopic (exact) mass is 586 g/mol. The Kier molecular flexibility index (Phi) is 8.20. The van der Waals surface area contributed by atoms with Crippen molar-refractivity contribution in [2.75, 3.05) is 13.1 Å². The van der Waals surface area contributed by atoms with Crippen molar-refractivity contribution in [3.05, 3.63) is 72.1 Å². The van der Waals surface area contributed by atoms with Gasteiger partial charge < -0.3 is 4.90 Å². The standard InChI is InChI=1S/C26H24F6N4O3S/c1-2-22(40(38,39)20-5-3-4-18(10-20)25(27,28)29)16-6-8-36(9-7-16)24(37)23-21(17-12-33-15-34-13-17)11-19(14-35-23)26(30,31)32/h3-5,10-16,22H,2,6-9H2,1H3. The molecular formula is C26H24F6N4O3S. The summed E-state index contributed by atoms with van der Waals surface area (Å²) in [6.07, 6.45) is -4.51. The molecule has 0 spiro atoms. The van der Waals surface area contributed by atoms with Crippen LogP contribution in [-0.4, -0.2) is 52.5 Å². The number of sulfone groups is 1. The zero-order valence-corrected chi connectivity index (χ0v) is 21.9. The van der Waals surface area contributed by atoms with Crippen LogP contribution in [0.25, 0.3) is 11.1 Å². The van der Waals surface area contributed by atoms with Gasteiger partial charge in [0.05, 0.1) is 21.3 Å². The van der Waals surface area contributed by atoms with Crippen molar-refractivity contribution in [3.63, 3.8) is 0 Å². The molecule has 1 atom stereocenters. The highest BCUT2D eigenvalue weighted by Gasteiger charge is 2.39. The largest absolute Gasteiger partial charge is 0.417 e. The quantitative estimate of drug-likeness (QED) is 0.345. The Balaban J connectivity index is 1.55. The van der Waals surface area contributed by atoms with Gasteiger partial charge in [-0.2, -0.15) is 26.3 Å². The van der Waals surface area contributed by atoms with Crippen molar-refractivity contribution in [1.29, 1.82) is 0 Å². The SMILES string of the molecule is CCC(C1CCN(C(=O)c2ncc(C(F)(F)F)cc2-c2cncnc2)CC1)S(=O)(=O)c1cccc(C(F)(F)F)c1. The van der Waals surface area contributed by atoms with E-state index in [-0.39, 0.29) is 49.2 Å². The number of pyridine rings is 1. The maximum atomic E-state index is 13.4. The molecule has 7 nitrogen and oxygen atoms in total. The normalized spacial score (nSPS) is 16.1. The predicted octanol–water partition coefficient (Wildman–Crippen LogP) is 5.68. The molecule has 14 heteroatoms. The van der Waals surface area contributed by atoms with E-state index in [1.54, 1.807) is 6.92 Å². The van der Waals surface area contributed by atoms with Gasteiger partial charge in [-0.1, -0.05) is 13.0 Å². The predicted molar refractivity (Wildman–Crippen MR) is 132 cm³/mol. The average Bonchev–Trinajstić information content (AvgIpc) is 2.92. The highest BCUT2D eigenvalue weighted by Crippen LogP contribution is 2.36. The highest BCUT2D eigenvalue weighted by molar-refractivity contribution is 7.92. The fraction of sp³-hybridized carbons (Fsp3) is 0.385. The first-order valence-corrected chi connectivity index (χ1v) is 13.8. The van der Waals surface area contributed by atoms with Crippen LogP contribution in [0.3, 0.4) is 0 Å². The molecule has 0 N–H and O–H groups in total. The summed E-state index contributed by atoms with van der Waals surface area (Å²) in [6, 6.07) is 4.42. The van der Waals surface area contributed by atoms with Crippen LogP contribution in [0.4, 0.5) is 26.3 Å². The molecule has 4 rings (SSSR count). The molecule has 1 fully saturated rings. The van der Waals surface area contributed by atoms with Crippen LogP contribution < -0.4 is 0 Å². The number of hydrogen-bond donors (Lipinski definition) is 0. The smallest absolute Gasteiger partial charge is 0.337 e. The number of benzene rings is 1. The lowest BCUT2D eigenvalue weighted by atomic mass is 9.91. The summed E-state index contributed by atoms with van der Waals surface area (Å²) in [4.78, 5) is 25.8. The third kappa shape index (κ3) is 6.11. The third-order valence-corrected chi connectivity index (χ3v) is 9.36. The summed E-state index contributed by atoms with van der Waals surface area (Å²) in [5.41, 5.74) is -2.27. The number of carbonyl (C=O) groups excluding carboxylic acids is 1. The third-order valence-electron chi connectivity index (χ3n) is 6.93. The van der Waals surface area contributed by atoms with Crippen molar-refractivity contribution in [3.8, 4) is 11.1 Å². The Morgan fingerprint density at radius 3 is 2.17 bits per heavy atom. The van der Waals surface area contributed by atoms with Gasteiger partial charge in [0.2, 0.25) is 0 Å². The van der Waals surface area contributed by atoms with Gasteiger partial charge in [0.25, 0.3) is 5.91 Å². The lowest BCUT2D eigenvalue weighted by molar-refractivity contribution is -0.138. The molecule has 3 aromatic rings. The molecule has 1 aliphatic heterocycles. The van der Waals surface area contributed by atoms with Gasteiger partial charge in [0.1, 0.15) is 12.0 Å². The number of carbonyl (C=O) groups is 1. The molecule has 0 radical (unpaired) electrons. The minimum Gasteiger partial charge on any atom is -0.337 e. The first kappa shape index (κ1) is 29.4. The van der Waals surface area contributed by atoms with Crippen LogP contribution in [0.5, 0.6) is 0 Å². The van der Waals surface area contributed by atoms with Gasteiger partial charge in [0, 0.05) is 42.8 Å². The van der Waals surface area contributed by atoms with Crippen LogP contribution >= 0.6 is 0 Å². The van der Waals surface area contributed by atoms with Crippen molar-refractivity contribution in [2.24, 2.45) is 5.92 Å². The van der Waals surface area contributed by atoms with Crippen molar-refractivity contribution >= 4 is 15.7 Å². The number of hydrogen-bond acceptors (Lipinski definition) is 6. The first-order chi connectivity index (χ1) is 18.7. The van der Waals surface area contributed by atoms with Crippen molar-refractivity contribution < 1.29 is 39.6 Å². The lowest BCUT2D eigenvalue weighted by Gasteiger charge is -2.35. The number of nitrogens with zero attached hydrogens (tertiary/aromatic N) is 4. The van der Waals surface area contributed by atoms with Gasteiger partial charge in [-0.05, 0) is 49.4 Å². The first-order valence-electron chi connectivity index (χ1n) is 12.3. The summed E-state index contributed by atoms with van der Waals surface area (Å²) in [6.45, 7) is 1.81. The molecule has 0 bridgehead atoms. The van der Waals surface area contributed by atoms with E-state index in [4.69, 9.17) is 0 Å². The number of halogens is 6. The number of likely N-dealkylation sites (tertiary alicyclic amines) is 1. The van der Waals surface area contributed by atoms with Crippen LogP contribution in [0.2, 0.25) is 0 Å². The van der Waals surface area contributed by atoms with E-state index in [0.717, 1.165) is 24.3 Å². The van der Waals surface area contributed by atoms with Crippen LogP contribution in [0, 0.1) is 5.92 Å². The van der Waals surface area contributed by atoms with E-state index >= 15 is 0 Å². The molecule has 1 saturated heterocycles. The van der Waals surface area contributed by atoms with Crippen LogP contribution in [0.1, 0.15) is 47.8 Å². The molecular weight excluding hydrogens is 562 g/mol. The average molecular weight is 587 g/mol. The summed E-state index contributed by atoms with van der Waals surface area (Å²) < 4.78 is 106. The number of rotatable bonds is 6. The number of alkyl halides is 6. The molecule has 0 aliphatic carbocycles. The topological polar surface area (TPSA) is 93.1 Å². The second-order valence-corrected chi connectivity index (χ2v) is 11.6. The maximum Gasteiger partial charge on any atom is 0.417 e. The molecule has 1 unspecified atom stereocenters. The molecule has 1 aliphatic rings. The van der Waals surface area contributed by atoms with Crippen molar-refractivity contribution in [1.82, 2.24) is 19.9 Å². The number of aromatic nitrogens is 3. The van der Waals surface area contributed by atoms with Gasteiger partial charge in [-0.3, -0.25) is 4.79 Å².